The molecule has 23 heavy (non-hydrogen) atoms. The Morgan fingerprint density at radius 1 is 1.39 bits per heavy atom. The van der Waals surface area contributed by atoms with Crippen molar-refractivity contribution in [1.29, 1.82) is 0 Å². The van der Waals surface area contributed by atoms with E-state index in [-0.39, 0.29) is 11.9 Å². The lowest BCUT2D eigenvalue weighted by atomic mass is 9.73. The van der Waals surface area contributed by atoms with Gasteiger partial charge in [-0.1, -0.05) is 11.6 Å². The molecule has 0 atom stereocenters. The fourth-order valence-corrected chi connectivity index (χ4v) is 3.61. The number of aliphatic imine (C=N–C) groups is 1. The predicted octanol–water partition coefficient (Wildman–Crippen LogP) is 1.44. The van der Waals surface area contributed by atoms with E-state index < -0.39 is 5.60 Å². The third-order valence-electron chi connectivity index (χ3n) is 4.83. The Labute approximate surface area is 141 Å². The number of carbonyl (C=O) groups excluding carboxylic acids is 1. The molecule has 2 aliphatic rings. The molecule has 7 heteroatoms. The maximum Gasteiger partial charge on any atom is 0.253 e. The molecule has 1 aliphatic carbocycles. The lowest BCUT2D eigenvalue weighted by molar-refractivity contribution is -0.00257. The predicted molar refractivity (Wildman–Crippen MR) is 93.5 cm³/mol. The molecule has 122 valence electrons. The molecule has 1 aliphatic heterocycles. The van der Waals surface area contributed by atoms with Crippen LogP contribution >= 0.6 is 11.6 Å². The molecule has 1 fully saturated rings. The summed E-state index contributed by atoms with van der Waals surface area (Å²) < 4.78 is 0. The number of fused-ring (bicyclic) bond motifs is 1. The number of nitrogens with one attached hydrogen (secondary N) is 1. The van der Waals surface area contributed by atoms with Gasteiger partial charge in [-0.05, 0) is 57.0 Å². The van der Waals surface area contributed by atoms with Crippen LogP contribution < -0.4 is 10.8 Å². The molecule has 0 unspecified atom stereocenters. The fraction of sp³-hybridized carbons (Fsp3) is 0.562. The van der Waals surface area contributed by atoms with Crippen molar-refractivity contribution < 1.29 is 9.90 Å². The van der Waals surface area contributed by atoms with Gasteiger partial charge in [-0.3, -0.25) is 4.79 Å². The molecule has 1 aromatic rings. The van der Waals surface area contributed by atoms with E-state index in [0.717, 1.165) is 31.1 Å². The zero-order valence-corrected chi connectivity index (χ0v) is 14.2. The number of pyridine rings is 1. The second-order valence-corrected chi connectivity index (χ2v) is 7.48. The summed E-state index contributed by atoms with van der Waals surface area (Å²) in [5, 5.41) is 13.7. The summed E-state index contributed by atoms with van der Waals surface area (Å²) in [6, 6.07) is 1.98. The maximum atomic E-state index is 12.4. The highest BCUT2D eigenvalue weighted by molar-refractivity contribution is 7.07. The van der Waals surface area contributed by atoms with E-state index in [1.54, 1.807) is 6.20 Å². The van der Waals surface area contributed by atoms with E-state index in [2.05, 4.69) is 15.3 Å². The molecule has 2 heterocycles. The van der Waals surface area contributed by atoms with Crippen LogP contribution in [0.1, 0.15) is 49.9 Å². The van der Waals surface area contributed by atoms with Crippen LogP contribution in [-0.4, -0.2) is 40.0 Å². The summed E-state index contributed by atoms with van der Waals surface area (Å²) >= 11 is 5.90. The zero-order chi connectivity index (χ0) is 16.6. The van der Waals surface area contributed by atoms with Gasteiger partial charge in [-0.15, -0.1) is 0 Å². The largest absolute Gasteiger partial charge is 0.390 e. The van der Waals surface area contributed by atoms with Gasteiger partial charge < -0.3 is 10.4 Å². The van der Waals surface area contributed by atoms with Gasteiger partial charge in [0.1, 0.15) is 5.82 Å². The topological polar surface area (TPSA) is 74.6 Å². The molecule has 1 aromatic heterocycles. The van der Waals surface area contributed by atoms with Crippen LogP contribution in [0.3, 0.4) is 0 Å². The van der Waals surface area contributed by atoms with Gasteiger partial charge in [-0.2, -0.15) is 0 Å². The van der Waals surface area contributed by atoms with Gasteiger partial charge in [0.2, 0.25) is 7.28 Å². The van der Waals surface area contributed by atoms with E-state index in [0.29, 0.717) is 29.6 Å². The van der Waals surface area contributed by atoms with Crippen molar-refractivity contribution in [2.45, 2.75) is 51.2 Å². The van der Waals surface area contributed by atoms with Crippen LogP contribution in [0.5, 0.6) is 0 Å². The number of aliphatic hydroxyl groups is 1. The third kappa shape index (κ3) is 3.75. The van der Waals surface area contributed by atoms with Crippen molar-refractivity contribution in [3.8, 4) is 0 Å². The number of amides is 1. The van der Waals surface area contributed by atoms with Crippen molar-refractivity contribution >= 4 is 41.1 Å². The van der Waals surface area contributed by atoms with E-state index in [9.17, 15) is 9.90 Å². The molecule has 2 N–H and O–H groups in total. The fourth-order valence-electron chi connectivity index (χ4n) is 3.38. The molecule has 3 rings (SSSR count). The smallest absolute Gasteiger partial charge is 0.253 e. The van der Waals surface area contributed by atoms with Crippen molar-refractivity contribution in [1.82, 2.24) is 10.3 Å². The SMILES string of the molecule is CC(C)(O)C1CCC(NC(=O)c2cnc3c(c2)BC(Cl)=N3)CC1. The Morgan fingerprint density at radius 3 is 2.74 bits per heavy atom. The molecule has 0 spiro atoms. The number of carbonyl (C=O) groups is 1. The molecule has 1 saturated carbocycles. The van der Waals surface area contributed by atoms with Crippen LogP contribution in [0.25, 0.3) is 0 Å². The average molecular weight is 334 g/mol. The minimum Gasteiger partial charge on any atom is -0.390 e. The Hall–Kier alpha value is -1.40. The number of halogens is 1. The van der Waals surface area contributed by atoms with Crippen molar-refractivity contribution in [2.75, 3.05) is 0 Å². The molecule has 0 saturated heterocycles. The van der Waals surface area contributed by atoms with Crippen LogP contribution in [0.2, 0.25) is 0 Å². The number of nitrogens with zero attached hydrogens (tertiary/aromatic N) is 2. The Kier molecular flexibility index (Phi) is 4.47. The van der Waals surface area contributed by atoms with Gasteiger partial charge >= 0.3 is 0 Å². The van der Waals surface area contributed by atoms with Crippen LogP contribution in [0, 0.1) is 5.92 Å². The van der Waals surface area contributed by atoms with Gasteiger partial charge in [0.25, 0.3) is 5.91 Å². The van der Waals surface area contributed by atoms with Crippen molar-refractivity contribution in [3.63, 3.8) is 0 Å². The summed E-state index contributed by atoms with van der Waals surface area (Å²) in [5.41, 5.74) is 0.807. The van der Waals surface area contributed by atoms with Gasteiger partial charge in [0.15, 0.2) is 0 Å². The second-order valence-electron chi connectivity index (χ2n) is 7.05. The number of rotatable bonds is 3. The molecule has 1 amide bonds. The van der Waals surface area contributed by atoms with Crippen LogP contribution in [0.4, 0.5) is 5.82 Å². The lowest BCUT2D eigenvalue weighted by Gasteiger charge is -2.36. The average Bonchev–Trinajstić information content (AvgIpc) is 2.85. The van der Waals surface area contributed by atoms with E-state index >= 15 is 0 Å². The van der Waals surface area contributed by atoms with Gasteiger partial charge in [0.05, 0.1) is 16.2 Å². The monoisotopic (exact) mass is 333 g/mol. The first-order valence-electron chi connectivity index (χ1n) is 8.08. The highest BCUT2D eigenvalue weighted by Crippen LogP contribution is 2.32. The first-order chi connectivity index (χ1) is 10.8. The van der Waals surface area contributed by atoms with Crippen molar-refractivity contribution in [2.24, 2.45) is 10.9 Å². The minimum atomic E-state index is -0.641. The molecule has 0 aromatic carbocycles. The van der Waals surface area contributed by atoms with E-state index in [4.69, 9.17) is 11.6 Å². The quantitative estimate of drug-likeness (QED) is 0.822. The zero-order valence-electron chi connectivity index (χ0n) is 13.5. The van der Waals surface area contributed by atoms with Crippen LogP contribution in [-0.2, 0) is 0 Å². The standard InChI is InChI=1S/C16H21BClN3O2/c1-16(2,23)10-3-5-11(6-4-10)20-14(22)9-7-12-13(19-8-9)21-15(18)17-12/h7-8,10-11,17,23H,3-6H2,1-2H3,(H,20,22). The summed E-state index contributed by atoms with van der Waals surface area (Å²) in [6.45, 7) is 3.72. The Bertz CT molecular complexity index is 649. The molecule has 5 nitrogen and oxygen atoms in total. The van der Waals surface area contributed by atoms with E-state index in [1.807, 2.05) is 19.9 Å². The maximum absolute atomic E-state index is 12.4. The number of hydrogen-bond acceptors (Lipinski definition) is 4. The normalized spacial score (nSPS) is 23.7. The highest BCUT2D eigenvalue weighted by Gasteiger charge is 2.32. The van der Waals surface area contributed by atoms with E-state index in [1.165, 1.54) is 0 Å². The highest BCUT2D eigenvalue weighted by atomic mass is 35.5. The lowest BCUT2D eigenvalue weighted by Crippen LogP contribution is -2.42. The first-order valence-corrected chi connectivity index (χ1v) is 8.46. The molecule has 0 bridgehead atoms. The minimum absolute atomic E-state index is 0.102. The van der Waals surface area contributed by atoms with Crippen molar-refractivity contribution in [3.05, 3.63) is 17.8 Å². The second kappa shape index (κ2) is 6.25. The summed E-state index contributed by atoms with van der Waals surface area (Å²) in [6.07, 6.45) is 5.21. The third-order valence-corrected chi connectivity index (χ3v) is 5.05. The molecule has 0 radical (unpaired) electrons. The summed E-state index contributed by atoms with van der Waals surface area (Å²) in [4.78, 5) is 20.7. The Morgan fingerprint density at radius 2 is 2.09 bits per heavy atom. The number of hydrogen-bond donors (Lipinski definition) is 2. The molecular weight excluding hydrogens is 312 g/mol. The van der Waals surface area contributed by atoms with Gasteiger partial charge in [0, 0.05) is 12.2 Å². The van der Waals surface area contributed by atoms with Crippen LogP contribution in [0.15, 0.2) is 17.3 Å². The summed E-state index contributed by atoms with van der Waals surface area (Å²) in [7, 11) is 0.543. The summed E-state index contributed by atoms with van der Waals surface area (Å²) in [5.74, 6) is 0.809. The Balaban J connectivity index is 1.58. The van der Waals surface area contributed by atoms with Gasteiger partial charge in [-0.25, -0.2) is 9.98 Å². The first kappa shape index (κ1) is 16.5. The molecular formula is C16H21BClN3O2. The number of aromatic nitrogens is 1.